The molecule has 1 saturated carbocycles. The van der Waals surface area contributed by atoms with Crippen molar-refractivity contribution in [3.8, 4) is 0 Å². The molecule has 1 saturated heterocycles. The van der Waals surface area contributed by atoms with E-state index < -0.39 is 11.0 Å². The summed E-state index contributed by atoms with van der Waals surface area (Å²) >= 11 is 0. The maximum absolute atomic E-state index is 10.7. The highest BCUT2D eigenvalue weighted by molar-refractivity contribution is 7.83. The van der Waals surface area contributed by atoms with Gasteiger partial charge in [-0.2, -0.15) is 0 Å². The minimum Gasteiger partial charge on any atom is -0.243 e. The second kappa shape index (κ2) is 1.33. The molecule has 1 atom stereocenters. The predicted molar refractivity (Wildman–Crippen MR) is 32.7 cm³/mol. The van der Waals surface area contributed by atoms with Gasteiger partial charge in [0.25, 0.3) is 0 Å². The van der Waals surface area contributed by atoms with Gasteiger partial charge < -0.3 is 0 Å². The van der Waals surface area contributed by atoms with Crippen LogP contribution in [0.2, 0.25) is 0 Å². The fourth-order valence-corrected chi connectivity index (χ4v) is 2.63. The third kappa shape index (κ3) is 0.615. The number of nitrogens with one attached hydrogen (secondary N) is 1. The smallest absolute Gasteiger partial charge is 0.0921 e. The molecular weight excluding hydrogens is 122 g/mol. The second-order valence-corrected chi connectivity index (χ2v) is 4.08. The van der Waals surface area contributed by atoms with Crippen LogP contribution in [0.3, 0.4) is 0 Å². The van der Waals surface area contributed by atoms with Gasteiger partial charge in [-0.25, -0.2) is 8.93 Å². The first-order valence-corrected chi connectivity index (χ1v) is 4.25. The Morgan fingerprint density at radius 3 is 2.50 bits per heavy atom. The molecule has 2 fully saturated rings. The Morgan fingerprint density at radius 1 is 1.50 bits per heavy atom. The quantitative estimate of drug-likeness (QED) is 0.494. The average molecular weight is 131 g/mol. The summed E-state index contributed by atoms with van der Waals surface area (Å²) in [5.74, 6) is 0.910. The minimum absolute atomic E-state index is 0.505. The Kier molecular flexibility index (Phi) is 0.823. The first-order valence-electron chi connectivity index (χ1n) is 2.93. The second-order valence-electron chi connectivity index (χ2n) is 2.81. The summed E-state index contributed by atoms with van der Waals surface area (Å²) < 4.78 is 13.6. The van der Waals surface area contributed by atoms with Crippen LogP contribution in [0.25, 0.3) is 0 Å². The van der Waals surface area contributed by atoms with Crippen molar-refractivity contribution < 1.29 is 4.21 Å². The third-order valence-electron chi connectivity index (χ3n) is 2.00. The van der Waals surface area contributed by atoms with E-state index in [1.165, 1.54) is 12.8 Å². The average Bonchev–Trinajstić information content (AvgIpc) is 2.34. The normalized spacial score (nSPS) is 40.8. The van der Waals surface area contributed by atoms with Crippen LogP contribution in [0.15, 0.2) is 0 Å². The third-order valence-corrected chi connectivity index (χ3v) is 3.34. The Labute approximate surface area is 51.2 Å². The zero-order chi connectivity index (χ0) is 5.61. The highest BCUT2D eigenvalue weighted by Gasteiger charge is 2.47. The molecule has 0 amide bonds. The van der Waals surface area contributed by atoms with E-state index in [1.54, 1.807) is 0 Å². The topological polar surface area (TPSA) is 29.1 Å². The summed E-state index contributed by atoms with van der Waals surface area (Å²) in [5.41, 5.74) is 0.505. The molecule has 1 aliphatic carbocycles. The van der Waals surface area contributed by atoms with E-state index >= 15 is 0 Å². The van der Waals surface area contributed by atoms with Gasteiger partial charge in [0, 0.05) is 12.3 Å². The molecule has 0 radical (unpaired) electrons. The highest BCUT2D eigenvalue weighted by Crippen LogP contribution is 2.47. The van der Waals surface area contributed by atoms with Crippen molar-refractivity contribution in [2.24, 2.45) is 5.41 Å². The molecular formula is C5H9NOS. The van der Waals surface area contributed by atoms with Crippen molar-refractivity contribution in [2.45, 2.75) is 12.8 Å². The van der Waals surface area contributed by atoms with E-state index in [9.17, 15) is 4.21 Å². The molecule has 0 aromatic rings. The number of hydrogen-bond donors (Lipinski definition) is 1. The zero-order valence-corrected chi connectivity index (χ0v) is 5.46. The van der Waals surface area contributed by atoms with Gasteiger partial charge in [0.05, 0.1) is 11.0 Å². The lowest BCUT2D eigenvalue weighted by atomic mass is 10.1. The maximum atomic E-state index is 10.7. The fraction of sp³-hybridized carbons (Fsp3) is 1.00. The van der Waals surface area contributed by atoms with E-state index in [4.69, 9.17) is 0 Å². The van der Waals surface area contributed by atoms with E-state index in [0.717, 1.165) is 12.3 Å². The SMILES string of the molecule is O=S1CC2(CC2)CN1. The maximum Gasteiger partial charge on any atom is 0.0921 e. The first-order chi connectivity index (χ1) is 3.81. The molecule has 8 heavy (non-hydrogen) atoms. The molecule has 1 unspecified atom stereocenters. The van der Waals surface area contributed by atoms with Gasteiger partial charge in [-0.05, 0) is 18.3 Å². The molecule has 2 aliphatic rings. The van der Waals surface area contributed by atoms with Gasteiger partial charge >= 0.3 is 0 Å². The van der Waals surface area contributed by atoms with Gasteiger partial charge in [-0.3, -0.25) is 0 Å². The van der Waals surface area contributed by atoms with Crippen LogP contribution >= 0.6 is 0 Å². The Hall–Kier alpha value is 0.110. The molecule has 2 rings (SSSR count). The summed E-state index contributed by atoms with van der Waals surface area (Å²) in [6.45, 7) is 1.000. The largest absolute Gasteiger partial charge is 0.243 e. The van der Waals surface area contributed by atoms with Gasteiger partial charge in [-0.15, -0.1) is 0 Å². The lowest BCUT2D eigenvalue weighted by molar-refractivity contribution is 0.611. The molecule has 1 spiro atoms. The lowest BCUT2D eigenvalue weighted by Gasteiger charge is -1.94. The molecule has 2 nitrogen and oxygen atoms in total. The van der Waals surface area contributed by atoms with Gasteiger partial charge in [0.15, 0.2) is 0 Å². The zero-order valence-electron chi connectivity index (χ0n) is 4.64. The van der Waals surface area contributed by atoms with Crippen molar-refractivity contribution >= 4 is 11.0 Å². The van der Waals surface area contributed by atoms with Crippen LogP contribution in [-0.4, -0.2) is 16.5 Å². The summed E-state index contributed by atoms with van der Waals surface area (Å²) in [5, 5.41) is 0. The predicted octanol–water partition coefficient (Wildman–Crippen LogP) is 0.0335. The number of hydrogen-bond acceptors (Lipinski definition) is 1. The van der Waals surface area contributed by atoms with E-state index in [1.807, 2.05) is 0 Å². The molecule has 0 bridgehead atoms. The molecule has 46 valence electrons. The Bertz CT molecular complexity index is 141. The summed E-state index contributed by atoms with van der Waals surface area (Å²) in [6, 6.07) is 0. The van der Waals surface area contributed by atoms with Crippen LogP contribution in [0.5, 0.6) is 0 Å². The van der Waals surface area contributed by atoms with E-state index in [-0.39, 0.29) is 0 Å². The van der Waals surface area contributed by atoms with Crippen molar-refractivity contribution in [1.29, 1.82) is 0 Å². The Balaban J connectivity index is 2.13. The summed E-state index contributed by atoms with van der Waals surface area (Å²) in [7, 11) is -0.680. The van der Waals surface area contributed by atoms with E-state index in [2.05, 4.69) is 4.72 Å². The van der Waals surface area contributed by atoms with Crippen LogP contribution in [0.1, 0.15) is 12.8 Å². The molecule has 3 heteroatoms. The standard InChI is InChI=1S/C5H9NOS/c7-8-4-5(1-2-5)3-6-8/h6H,1-4H2. The van der Waals surface area contributed by atoms with E-state index in [0.29, 0.717) is 5.41 Å². The molecule has 0 aromatic heterocycles. The van der Waals surface area contributed by atoms with Crippen LogP contribution in [0, 0.1) is 5.41 Å². The van der Waals surface area contributed by atoms with Crippen molar-refractivity contribution in [3.63, 3.8) is 0 Å². The van der Waals surface area contributed by atoms with Crippen molar-refractivity contribution in [3.05, 3.63) is 0 Å². The van der Waals surface area contributed by atoms with Crippen molar-refractivity contribution in [1.82, 2.24) is 4.72 Å². The minimum atomic E-state index is -0.680. The molecule has 1 heterocycles. The van der Waals surface area contributed by atoms with Gasteiger partial charge in [0.1, 0.15) is 0 Å². The highest BCUT2D eigenvalue weighted by atomic mass is 32.2. The van der Waals surface area contributed by atoms with Gasteiger partial charge in [0.2, 0.25) is 0 Å². The van der Waals surface area contributed by atoms with Crippen molar-refractivity contribution in [2.75, 3.05) is 12.3 Å². The molecule has 1 aliphatic heterocycles. The molecule has 1 N–H and O–H groups in total. The van der Waals surface area contributed by atoms with Gasteiger partial charge in [-0.1, -0.05) is 0 Å². The summed E-state index contributed by atoms with van der Waals surface area (Å²) in [4.78, 5) is 0. The van der Waals surface area contributed by atoms with Crippen LogP contribution in [-0.2, 0) is 11.0 Å². The number of rotatable bonds is 0. The van der Waals surface area contributed by atoms with Crippen LogP contribution in [0.4, 0.5) is 0 Å². The first kappa shape index (κ1) is 4.94. The lowest BCUT2D eigenvalue weighted by Crippen LogP contribution is -2.09. The monoisotopic (exact) mass is 131 g/mol. The Morgan fingerprint density at radius 2 is 2.25 bits per heavy atom. The fourth-order valence-electron chi connectivity index (χ4n) is 1.11. The summed E-state index contributed by atoms with van der Waals surface area (Å²) in [6.07, 6.45) is 2.59. The van der Waals surface area contributed by atoms with Crippen LogP contribution < -0.4 is 4.72 Å². The molecule has 0 aromatic carbocycles.